The molecule has 0 spiro atoms. The van der Waals surface area contributed by atoms with Gasteiger partial charge in [-0.3, -0.25) is 0 Å². The third-order valence-corrected chi connectivity index (χ3v) is 5.48. The van der Waals surface area contributed by atoms with E-state index >= 15 is 0 Å². The van der Waals surface area contributed by atoms with E-state index in [0.29, 0.717) is 0 Å². The lowest BCUT2D eigenvalue weighted by atomic mass is 10.0. The van der Waals surface area contributed by atoms with Crippen molar-refractivity contribution in [2.75, 3.05) is 11.5 Å². The first-order valence-electron chi connectivity index (χ1n) is 8.07. The van der Waals surface area contributed by atoms with Crippen molar-refractivity contribution in [1.29, 1.82) is 0 Å². The maximum Gasteiger partial charge on any atom is 0.0386 e. The van der Waals surface area contributed by atoms with Crippen LogP contribution in [0.1, 0.15) is 56.7 Å². The first-order chi connectivity index (χ1) is 9.65. The van der Waals surface area contributed by atoms with E-state index in [0.717, 1.165) is 24.0 Å². The van der Waals surface area contributed by atoms with Gasteiger partial charge in [0.1, 0.15) is 0 Å². The normalized spacial score (nSPS) is 17.8. The van der Waals surface area contributed by atoms with Crippen LogP contribution in [0, 0.1) is 11.8 Å². The molecule has 1 aromatic rings. The molecule has 0 amide bonds. The van der Waals surface area contributed by atoms with Gasteiger partial charge in [-0.2, -0.15) is 11.8 Å². The molecular weight excluding hydrogens is 262 g/mol. The molecule has 0 saturated heterocycles. The maximum atomic E-state index is 6.31. The minimum absolute atomic E-state index is 0.189. The van der Waals surface area contributed by atoms with E-state index in [4.69, 9.17) is 5.73 Å². The fourth-order valence-corrected chi connectivity index (χ4v) is 4.26. The topological polar surface area (TPSA) is 26.0 Å². The minimum atomic E-state index is 0.189. The molecule has 0 aliphatic heterocycles. The smallest absolute Gasteiger partial charge is 0.0386 e. The molecule has 2 rings (SSSR count). The summed E-state index contributed by atoms with van der Waals surface area (Å²) in [4.78, 5) is 0. The fraction of sp³-hybridized carbons (Fsp3) is 0.667. The highest BCUT2D eigenvalue weighted by molar-refractivity contribution is 7.99. The van der Waals surface area contributed by atoms with Crippen LogP contribution in [0.15, 0.2) is 24.3 Å². The van der Waals surface area contributed by atoms with Gasteiger partial charge >= 0.3 is 0 Å². The van der Waals surface area contributed by atoms with Crippen molar-refractivity contribution in [2.24, 2.45) is 17.6 Å². The molecular formula is C18H29NS. The van der Waals surface area contributed by atoms with Gasteiger partial charge in [0.25, 0.3) is 0 Å². The van der Waals surface area contributed by atoms with Gasteiger partial charge in [0.05, 0.1) is 0 Å². The summed E-state index contributed by atoms with van der Waals surface area (Å²) in [5, 5.41) is 0. The summed E-state index contributed by atoms with van der Waals surface area (Å²) >= 11 is 2.04. The summed E-state index contributed by atoms with van der Waals surface area (Å²) < 4.78 is 0. The first-order valence-corrected chi connectivity index (χ1v) is 9.22. The third kappa shape index (κ3) is 5.14. The molecule has 0 bridgehead atoms. The molecule has 112 valence electrons. The van der Waals surface area contributed by atoms with Gasteiger partial charge in [-0.05, 0) is 48.0 Å². The molecule has 0 heterocycles. The van der Waals surface area contributed by atoms with E-state index < -0.39 is 0 Å². The summed E-state index contributed by atoms with van der Waals surface area (Å²) in [5.74, 6) is 4.04. The second kappa shape index (κ2) is 8.09. The van der Waals surface area contributed by atoms with Crippen molar-refractivity contribution in [3.63, 3.8) is 0 Å². The Hall–Kier alpha value is -0.470. The van der Waals surface area contributed by atoms with Crippen LogP contribution in [0.5, 0.6) is 0 Å². The molecule has 1 nitrogen and oxygen atoms in total. The molecule has 1 aromatic carbocycles. The molecule has 20 heavy (non-hydrogen) atoms. The van der Waals surface area contributed by atoms with Gasteiger partial charge in [-0.25, -0.2) is 0 Å². The van der Waals surface area contributed by atoms with E-state index in [1.807, 2.05) is 11.8 Å². The molecule has 1 saturated carbocycles. The van der Waals surface area contributed by atoms with Crippen LogP contribution >= 0.6 is 11.8 Å². The van der Waals surface area contributed by atoms with E-state index in [-0.39, 0.29) is 6.04 Å². The van der Waals surface area contributed by atoms with E-state index in [9.17, 15) is 0 Å². The Morgan fingerprint density at radius 3 is 2.40 bits per heavy atom. The van der Waals surface area contributed by atoms with Crippen molar-refractivity contribution in [3.8, 4) is 0 Å². The number of benzene rings is 1. The Morgan fingerprint density at radius 2 is 1.80 bits per heavy atom. The van der Waals surface area contributed by atoms with Crippen LogP contribution in [-0.4, -0.2) is 11.5 Å². The van der Waals surface area contributed by atoms with Crippen LogP contribution in [0.3, 0.4) is 0 Å². The molecule has 2 heteroatoms. The summed E-state index contributed by atoms with van der Waals surface area (Å²) in [6.07, 6.45) is 6.91. The monoisotopic (exact) mass is 291 g/mol. The standard InChI is InChI=1S/C18H29NS/c1-14(2)11-15-7-9-17(10-8-15)18(19)13-20-12-16-5-3-4-6-16/h7-10,14,16,18H,3-6,11-13,19H2,1-2H3. The zero-order chi connectivity index (χ0) is 14.4. The molecule has 0 radical (unpaired) electrons. The fourth-order valence-electron chi connectivity index (χ4n) is 3.01. The zero-order valence-electron chi connectivity index (χ0n) is 13.0. The maximum absolute atomic E-state index is 6.31. The minimum Gasteiger partial charge on any atom is -0.323 e. The van der Waals surface area contributed by atoms with Gasteiger partial charge in [-0.15, -0.1) is 0 Å². The van der Waals surface area contributed by atoms with E-state index in [1.54, 1.807) is 0 Å². The number of thioether (sulfide) groups is 1. The second-order valence-electron chi connectivity index (χ2n) is 6.63. The molecule has 1 unspecified atom stereocenters. The summed E-state index contributed by atoms with van der Waals surface area (Å²) in [7, 11) is 0. The van der Waals surface area contributed by atoms with Crippen molar-refractivity contribution in [3.05, 3.63) is 35.4 Å². The first kappa shape index (κ1) is 15.9. The number of hydrogen-bond acceptors (Lipinski definition) is 2. The molecule has 1 fully saturated rings. The number of hydrogen-bond donors (Lipinski definition) is 1. The van der Waals surface area contributed by atoms with Gasteiger partial charge in [0.15, 0.2) is 0 Å². The molecule has 1 atom stereocenters. The second-order valence-corrected chi connectivity index (χ2v) is 7.71. The van der Waals surface area contributed by atoms with Crippen LogP contribution in [0.2, 0.25) is 0 Å². The average molecular weight is 292 g/mol. The Labute approximate surface area is 128 Å². The Kier molecular flexibility index (Phi) is 6.44. The Bertz CT molecular complexity index is 379. The Balaban J connectivity index is 1.75. The highest BCUT2D eigenvalue weighted by Gasteiger charge is 2.15. The number of rotatable bonds is 7. The van der Waals surface area contributed by atoms with Gasteiger partial charge in [-0.1, -0.05) is 51.0 Å². The van der Waals surface area contributed by atoms with Gasteiger partial charge in [0.2, 0.25) is 0 Å². The van der Waals surface area contributed by atoms with E-state index in [1.165, 1.54) is 42.6 Å². The highest BCUT2D eigenvalue weighted by atomic mass is 32.2. The van der Waals surface area contributed by atoms with E-state index in [2.05, 4.69) is 38.1 Å². The predicted octanol–water partition coefficient (Wildman–Crippen LogP) is 4.81. The SMILES string of the molecule is CC(C)Cc1ccc(C(N)CSCC2CCCC2)cc1. The highest BCUT2D eigenvalue weighted by Crippen LogP contribution is 2.29. The van der Waals surface area contributed by atoms with Crippen molar-refractivity contribution in [2.45, 2.75) is 52.0 Å². The van der Waals surface area contributed by atoms with Crippen LogP contribution < -0.4 is 5.73 Å². The van der Waals surface area contributed by atoms with Gasteiger partial charge in [0, 0.05) is 11.8 Å². The molecule has 1 aliphatic rings. The lowest BCUT2D eigenvalue weighted by molar-refractivity contribution is 0.622. The zero-order valence-corrected chi connectivity index (χ0v) is 13.8. The van der Waals surface area contributed by atoms with Crippen molar-refractivity contribution < 1.29 is 0 Å². The summed E-state index contributed by atoms with van der Waals surface area (Å²) in [5.41, 5.74) is 9.02. The van der Waals surface area contributed by atoms with Crippen molar-refractivity contribution in [1.82, 2.24) is 0 Å². The van der Waals surface area contributed by atoms with Crippen LogP contribution in [-0.2, 0) is 6.42 Å². The quantitative estimate of drug-likeness (QED) is 0.780. The predicted molar refractivity (Wildman–Crippen MR) is 91.2 cm³/mol. The molecule has 0 aromatic heterocycles. The lowest BCUT2D eigenvalue weighted by Gasteiger charge is -2.14. The van der Waals surface area contributed by atoms with Crippen LogP contribution in [0.4, 0.5) is 0 Å². The van der Waals surface area contributed by atoms with Crippen molar-refractivity contribution >= 4 is 11.8 Å². The lowest BCUT2D eigenvalue weighted by Crippen LogP contribution is -2.14. The van der Waals surface area contributed by atoms with Gasteiger partial charge < -0.3 is 5.73 Å². The summed E-state index contributed by atoms with van der Waals surface area (Å²) in [6, 6.07) is 9.12. The largest absolute Gasteiger partial charge is 0.323 e. The summed E-state index contributed by atoms with van der Waals surface area (Å²) in [6.45, 7) is 4.53. The number of nitrogens with two attached hydrogens (primary N) is 1. The molecule has 2 N–H and O–H groups in total. The third-order valence-electron chi connectivity index (χ3n) is 4.18. The average Bonchev–Trinajstić information content (AvgIpc) is 2.92. The molecule has 1 aliphatic carbocycles. The van der Waals surface area contributed by atoms with Crippen LogP contribution in [0.25, 0.3) is 0 Å². The Morgan fingerprint density at radius 1 is 1.15 bits per heavy atom.